The van der Waals surface area contributed by atoms with Gasteiger partial charge in [-0.2, -0.15) is 0 Å². The number of ether oxygens (including phenoxy) is 2. The molecule has 0 aliphatic carbocycles. The molecule has 0 saturated heterocycles. The van der Waals surface area contributed by atoms with Gasteiger partial charge < -0.3 is 9.47 Å². The highest BCUT2D eigenvalue weighted by molar-refractivity contribution is 5.85. The number of hydrogen-bond donors (Lipinski definition) is 0. The molecule has 0 amide bonds. The zero-order chi connectivity index (χ0) is 32.2. The van der Waals surface area contributed by atoms with E-state index in [1.165, 1.54) is 89.9 Å². The van der Waals surface area contributed by atoms with Crippen LogP contribution in [0.15, 0.2) is 36.5 Å². The Morgan fingerprint density at radius 1 is 0.409 bits per heavy atom. The maximum atomic E-state index is 11.9. The van der Waals surface area contributed by atoms with Gasteiger partial charge in [-0.1, -0.05) is 134 Å². The lowest BCUT2D eigenvalue weighted by Gasteiger charge is -2.06. The van der Waals surface area contributed by atoms with E-state index < -0.39 is 0 Å². The average Bonchev–Trinajstić information content (AvgIpc) is 3.02. The number of allylic oxidation sites excluding steroid dienone is 6. The predicted molar refractivity (Wildman–Crippen MR) is 186 cm³/mol. The minimum Gasteiger partial charge on any atom is -0.458 e. The van der Waals surface area contributed by atoms with E-state index in [9.17, 15) is 14.4 Å². The first-order valence-electron chi connectivity index (χ1n) is 18.4. The summed E-state index contributed by atoms with van der Waals surface area (Å²) >= 11 is 0. The van der Waals surface area contributed by atoms with Gasteiger partial charge in [0.2, 0.25) is 5.78 Å². The third-order valence-electron chi connectivity index (χ3n) is 7.76. The average molecular weight is 617 g/mol. The fourth-order valence-electron chi connectivity index (χ4n) is 4.93. The number of esters is 2. The van der Waals surface area contributed by atoms with Crippen molar-refractivity contribution in [1.29, 1.82) is 0 Å². The Bertz CT molecular complexity index is 752. The lowest BCUT2D eigenvalue weighted by molar-refractivity contribution is -0.153. The summed E-state index contributed by atoms with van der Waals surface area (Å²) in [5.74, 6) is -1.09. The second-order valence-corrected chi connectivity index (χ2v) is 12.2. The van der Waals surface area contributed by atoms with Crippen LogP contribution in [0.3, 0.4) is 0 Å². The number of rotatable bonds is 33. The van der Waals surface area contributed by atoms with Gasteiger partial charge in [-0.15, -0.1) is 0 Å². The summed E-state index contributed by atoms with van der Waals surface area (Å²) in [6.45, 7) is 3.85. The Hall–Kier alpha value is -2.17. The molecular weight excluding hydrogens is 548 g/mol. The molecule has 0 saturated carbocycles. The van der Waals surface area contributed by atoms with Gasteiger partial charge in [-0.05, 0) is 70.6 Å². The minimum absolute atomic E-state index is 0.319. The van der Waals surface area contributed by atoms with E-state index >= 15 is 0 Å². The van der Waals surface area contributed by atoms with E-state index in [0.29, 0.717) is 12.8 Å². The van der Waals surface area contributed by atoms with E-state index in [0.717, 1.165) is 64.2 Å². The molecule has 0 aliphatic rings. The van der Waals surface area contributed by atoms with Crippen molar-refractivity contribution >= 4 is 17.7 Å². The van der Waals surface area contributed by atoms with Crippen LogP contribution in [0.1, 0.15) is 181 Å². The molecule has 0 N–H and O–H groups in total. The third kappa shape index (κ3) is 34.3. The first-order chi connectivity index (χ1) is 21.6. The third-order valence-corrected chi connectivity index (χ3v) is 7.76. The Kier molecular flexibility index (Phi) is 33.6. The summed E-state index contributed by atoms with van der Waals surface area (Å²) in [5.41, 5.74) is 0. The number of ketones is 1. The molecular formula is C39H68O5. The van der Waals surface area contributed by atoms with Gasteiger partial charge in [0.15, 0.2) is 13.2 Å². The summed E-state index contributed by atoms with van der Waals surface area (Å²) in [6.07, 6.45) is 42.5. The van der Waals surface area contributed by atoms with Crippen molar-refractivity contribution in [3.8, 4) is 0 Å². The monoisotopic (exact) mass is 617 g/mol. The summed E-state index contributed by atoms with van der Waals surface area (Å²) in [7, 11) is 0. The number of hydrogen-bond acceptors (Lipinski definition) is 5. The van der Waals surface area contributed by atoms with Crippen LogP contribution < -0.4 is 0 Å². The molecule has 0 fully saturated rings. The van der Waals surface area contributed by atoms with Crippen LogP contribution in [0, 0.1) is 0 Å². The van der Waals surface area contributed by atoms with Crippen LogP contribution >= 0.6 is 0 Å². The fraction of sp³-hybridized carbons (Fsp3) is 0.769. The van der Waals surface area contributed by atoms with Crippen LogP contribution in [0.5, 0.6) is 0 Å². The SMILES string of the molecule is CCCCC/C=C\C/C=C\CCCCCCCC(=O)OCC(=O)COC(=O)CCCCCCC/C=C\CCCCCCCC. The molecule has 0 atom stereocenters. The summed E-state index contributed by atoms with van der Waals surface area (Å²) in [6, 6.07) is 0. The number of carbonyl (C=O) groups excluding carboxylic acids is 3. The van der Waals surface area contributed by atoms with Crippen LogP contribution in [0.2, 0.25) is 0 Å². The molecule has 0 unspecified atom stereocenters. The van der Waals surface area contributed by atoms with E-state index in [2.05, 4.69) is 50.3 Å². The maximum Gasteiger partial charge on any atom is 0.306 e. The fourth-order valence-corrected chi connectivity index (χ4v) is 4.93. The van der Waals surface area contributed by atoms with E-state index in [4.69, 9.17) is 9.47 Å². The molecule has 44 heavy (non-hydrogen) atoms. The number of carbonyl (C=O) groups is 3. The van der Waals surface area contributed by atoms with Crippen molar-refractivity contribution in [2.75, 3.05) is 13.2 Å². The van der Waals surface area contributed by atoms with Gasteiger partial charge in [-0.25, -0.2) is 0 Å². The van der Waals surface area contributed by atoms with Crippen LogP contribution in [-0.4, -0.2) is 30.9 Å². The maximum absolute atomic E-state index is 11.9. The Labute approximate surface area is 271 Å². The first-order valence-corrected chi connectivity index (χ1v) is 18.4. The minimum atomic E-state index is -0.378. The van der Waals surface area contributed by atoms with Gasteiger partial charge in [0, 0.05) is 12.8 Å². The van der Waals surface area contributed by atoms with Gasteiger partial charge >= 0.3 is 11.9 Å². The lowest BCUT2D eigenvalue weighted by Crippen LogP contribution is -2.20. The van der Waals surface area contributed by atoms with Gasteiger partial charge in [-0.3, -0.25) is 14.4 Å². The molecule has 0 radical (unpaired) electrons. The largest absolute Gasteiger partial charge is 0.458 e. The second-order valence-electron chi connectivity index (χ2n) is 12.2. The van der Waals surface area contributed by atoms with Gasteiger partial charge in [0.25, 0.3) is 0 Å². The number of unbranched alkanes of at least 4 members (excludes halogenated alkanes) is 19. The first kappa shape index (κ1) is 41.8. The molecule has 0 aromatic carbocycles. The summed E-state index contributed by atoms with van der Waals surface area (Å²) in [5, 5.41) is 0. The molecule has 0 bridgehead atoms. The molecule has 0 spiro atoms. The molecule has 5 nitrogen and oxygen atoms in total. The van der Waals surface area contributed by atoms with E-state index in [1.807, 2.05) is 0 Å². The topological polar surface area (TPSA) is 69.7 Å². The highest BCUT2D eigenvalue weighted by atomic mass is 16.6. The van der Waals surface area contributed by atoms with E-state index in [1.54, 1.807) is 0 Å². The highest BCUT2D eigenvalue weighted by Crippen LogP contribution is 2.11. The summed E-state index contributed by atoms with van der Waals surface area (Å²) < 4.78 is 10.1. The zero-order valence-corrected chi connectivity index (χ0v) is 28.8. The Morgan fingerprint density at radius 2 is 0.727 bits per heavy atom. The smallest absolute Gasteiger partial charge is 0.306 e. The molecule has 0 aromatic heterocycles. The van der Waals surface area contributed by atoms with Gasteiger partial charge in [0.05, 0.1) is 0 Å². The van der Waals surface area contributed by atoms with E-state index in [-0.39, 0.29) is 30.9 Å². The van der Waals surface area contributed by atoms with Crippen LogP contribution in [-0.2, 0) is 23.9 Å². The highest BCUT2D eigenvalue weighted by Gasteiger charge is 2.11. The van der Waals surface area contributed by atoms with Crippen molar-refractivity contribution in [3.63, 3.8) is 0 Å². The normalized spacial score (nSPS) is 11.7. The lowest BCUT2D eigenvalue weighted by atomic mass is 10.1. The molecule has 0 aliphatic heterocycles. The number of Topliss-reactive ketones (excluding diaryl/α,β-unsaturated/α-hetero) is 1. The van der Waals surface area contributed by atoms with Crippen molar-refractivity contribution in [3.05, 3.63) is 36.5 Å². The molecule has 0 rings (SSSR count). The van der Waals surface area contributed by atoms with Crippen molar-refractivity contribution < 1.29 is 23.9 Å². The quantitative estimate of drug-likeness (QED) is 0.0417. The predicted octanol–water partition coefficient (Wildman–Crippen LogP) is 11.5. The second kappa shape index (κ2) is 35.3. The Morgan fingerprint density at radius 3 is 1.16 bits per heavy atom. The molecule has 0 heterocycles. The van der Waals surface area contributed by atoms with Crippen LogP contribution in [0.4, 0.5) is 0 Å². The molecule has 5 heteroatoms. The van der Waals surface area contributed by atoms with Crippen molar-refractivity contribution in [1.82, 2.24) is 0 Å². The summed E-state index contributed by atoms with van der Waals surface area (Å²) in [4.78, 5) is 35.7. The van der Waals surface area contributed by atoms with Gasteiger partial charge in [0.1, 0.15) is 0 Å². The zero-order valence-electron chi connectivity index (χ0n) is 28.8. The van der Waals surface area contributed by atoms with Crippen LogP contribution in [0.25, 0.3) is 0 Å². The van der Waals surface area contributed by atoms with Crippen molar-refractivity contribution in [2.24, 2.45) is 0 Å². The Balaban J connectivity index is 3.48. The standard InChI is InChI=1S/C39H68O5/c1-3-5-7-9-11-13-15-17-19-21-23-25-27-29-31-33-38(41)43-35-37(40)36-44-39(42)34-32-30-28-26-24-22-20-18-16-14-12-10-8-6-4-2/h11,13,17-20H,3-10,12,14-16,21-36H2,1-2H3/b13-11-,19-17-,20-18-. The van der Waals surface area contributed by atoms with Crippen molar-refractivity contribution in [2.45, 2.75) is 181 Å². The molecule has 0 aromatic rings. The molecule has 254 valence electrons.